The van der Waals surface area contributed by atoms with Crippen molar-refractivity contribution in [2.24, 2.45) is 0 Å². The highest BCUT2D eigenvalue weighted by Gasteiger charge is 2.10. The first kappa shape index (κ1) is 12.4. The number of carboxylic acids is 1. The fourth-order valence-corrected chi connectivity index (χ4v) is 2.36. The molecule has 0 amide bonds. The molecule has 1 aromatic heterocycles. The molecule has 3 heteroatoms. The van der Waals surface area contributed by atoms with E-state index in [0.717, 1.165) is 27.6 Å². The van der Waals surface area contributed by atoms with Gasteiger partial charge in [0.1, 0.15) is 0 Å². The van der Waals surface area contributed by atoms with Crippen molar-refractivity contribution in [3.63, 3.8) is 0 Å². The van der Waals surface area contributed by atoms with Crippen LogP contribution in [-0.4, -0.2) is 16.1 Å². The highest BCUT2D eigenvalue weighted by molar-refractivity contribution is 5.96. The van der Waals surface area contributed by atoms with E-state index < -0.39 is 5.97 Å². The summed E-state index contributed by atoms with van der Waals surface area (Å²) in [4.78, 5) is 15.7. The summed E-state index contributed by atoms with van der Waals surface area (Å²) in [5.74, 6) is -0.905. The van der Waals surface area contributed by atoms with E-state index in [2.05, 4.69) is 4.98 Å². The van der Waals surface area contributed by atoms with Crippen LogP contribution in [-0.2, 0) is 0 Å². The molecule has 20 heavy (non-hydrogen) atoms. The summed E-state index contributed by atoms with van der Waals surface area (Å²) in [5.41, 5.74) is 3.79. The number of carboxylic acid groups (broad SMARTS) is 1. The molecule has 3 nitrogen and oxygen atoms in total. The maximum Gasteiger partial charge on any atom is 0.335 e. The van der Waals surface area contributed by atoms with Gasteiger partial charge in [0.2, 0.25) is 0 Å². The van der Waals surface area contributed by atoms with Gasteiger partial charge in [-0.05, 0) is 30.2 Å². The Morgan fingerprint density at radius 3 is 2.70 bits per heavy atom. The van der Waals surface area contributed by atoms with Crippen molar-refractivity contribution < 1.29 is 9.90 Å². The zero-order valence-electron chi connectivity index (χ0n) is 11.0. The summed E-state index contributed by atoms with van der Waals surface area (Å²) >= 11 is 0. The van der Waals surface area contributed by atoms with Crippen LogP contribution in [0.15, 0.2) is 54.7 Å². The molecule has 0 radical (unpaired) electrons. The van der Waals surface area contributed by atoms with E-state index in [1.165, 1.54) is 0 Å². The van der Waals surface area contributed by atoms with Crippen LogP contribution < -0.4 is 0 Å². The molecule has 3 rings (SSSR count). The number of benzene rings is 2. The minimum Gasteiger partial charge on any atom is -0.478 e. The lowest BCUT2D eigenvalue weighted by molar-refractivity contribution is 0.0696. The molecule has 98 valence electrons. The van der Waals surface area contributed by atoms with Crippen LogP contribution in [0.5, 0.6) is 0 Å². The van der Waals surface area contributed by atoms with E-state index in [1.54, 1.807) is 19.2 Å². The number of aryl methyl sites for hydroxylation is 1. The highest BCUT2D eigenvalue weighted by Crippen LogP contribution is 2.28. The highest BCUT2D eigenvalue weighted by atomic mass is 16.4. The Kier molecular flexibility index (Phi) is 2.95. The molecule has 0 saturated carbocycles. The van der Waals surface area contributed by atoms with Gasteiger partial charge < -0.3 is 5.11 Å². The van der Waals surface area contributed by atoms with E-state index in [9.17, 15) is 9.90 Å². The van der Waals surface area contributed by atoms with Gasteiger partial charge in [-0.25, -0.2) is 4.79 Å². The molecule has 0 aliphatic carbocycles. The molecule has 0 bridgehead atoms. The van der Waals surface area contributed by atoms with Gasteiger partial charge >= 0.3 is 5.97 Å². The van der Waals surface area contributed by atoms with Crippen molar-refractivity contribution in [3.05, 3.63) is 65.9 Å². The summed E-state index contributed by atoms with van der Waals surface area (Å²) < 4.78 is 0. The Morgan fingerprint density at radius 1 is 1.10 bits per heavy atom. The fraction of sp³-hybridized carbons (Fsp3) is 0.0588. The molecule has 0 aliphatic rings. The number of hydrogen-bond donors (Lipinski definition) is 1. The lowest BCUT2D eigenvalue weighted by atomic mass is 9.98. The van der Waals surface area contributed by atoms with Crippen LogP contribution in [0, 0.1) is 6.92 Å². The maximum absolute atomic E-state index is 11.3. The number of para-hydroxylation sites is 1. The van der Waals surface area contributed by atoms with Gasteiger partial charge in [0.05, 0.1) is 11.1 Å². The Morgan fingerprint density at radius 2 is 1.90 bits per heavy atom. The van der Waals surface area contributed by atoms with Gasteiger partial charge in [0.25, 0.3) is 0 Å². The van der Waals surface area contributed by atoms with Crippen molar-refractivity contribution in [3.8, 4) is 11.1 Å². The van der Waals surface area contributed by atoms with Gasteiger partial charge in [-0.3, -0.25) is 4.98 Å². The average Bonchev–Trinajstić information content (AvgIpc) is 2.47. The molecule has 0 aliphatic heterocycles. The molecule has 0 saturated heterocycles. The zero-order chi connectivity index (χ0) is 14.1. The largest absolute Gasteiger partial charge is 0.478 e. The Bertz CT molecular complexity index is 804. The van der Waals surface area contributed by atoms with Crippen LogP contribution in [0.2, 0.25) is 0 Å². The first-order valence-electron chi connectivity index (χ1n) is 6.35. The summed E-state index contributed by atoms with van der Waals surface area (Å²) in [6, 6.07) is 15.3. The third-order valence-corrected chi connectivity index (χ3v) is 3.41. The summed E-state index contributed by atoms with van der Waals surface area (Å²) in [7, 11) is 0. The summed E-state index contributed by atoms with van der Waals surface area (Å²) in [6.07, 6.45) is 1.75. The normalized spacial score (nSPS) is 10.7. The SMILES string of the molecule is Cc1ccc(-c2cccc3cccnc23)cc1C(=O)O. The molecule has 1 N–H and O–H groups in total. The number of nitrogens with zero attached hydrogens (tertiary/aromatic N) is 1. The van der Waals surface area contributed by atoms with Crippen LogP contribution >= 0.6 is 0 Å². The third-order valence-electron chi connectivity index (χ3n) is 3.41. The lowest BCUT2D eigenvalue weighted by Gasteiger charge is -2.08. The van der Waals surface area contributed by atoms with E-state index in [1.807, 2.05) is 42.5 Å². The van der Waals surface area contributed by atoms with Gasteiger partial charge in [0.15, 0.2) is 0 Å². The fourth-order valence-electron chi connectivity index (χ4n) is 2.36. The Hall–Kier alpha value is -2.68. The second-order valence-corrected chi connectivity index (χ2v) is 4.72. The summed E-state index contributed by atoms with van der Waals surface area (Å²) in [5, 5.41) is 10.3. The van der Waals surface area contributed by atoms with Crippen LogP contribution in [0.1, 0.15) is 15.9 Å². The average molecular weight is 263 g/mol. The van der Waals surface area contributed by atoms with Gasteiger partial charge in [-0.15, -0.1) is 0 Å². The number of aromatic nitrogens is 1. The lowest BCUT2D eigenvalue weighted by Crippen LogP contribution is -1.99. The number of hydrogen-bond acceptors (Lipinski definition) is 2. The Balaban J connectivity index is 2.26. The molecule has 0 atom stereocenters. The van der Waals surface area contributed by atoms with Crippen molar-refractivity contribution in [1.29, 1.82) is 0 Å². The maximum atomic E-state index is 11.3. The molecule has 3 aromatic rings. The molecule has 1 heterocycles. The summed E-state index contributed by atoms with van der Waals surface area (Å²) in [6.45, 7) is 1.80. The van der Waals surface area contributed by atoms with Crippen molar-refractivity contribution in [1.82, 2.24) is 4.98 Å². The first-order chi connectivity index (χ1) is 9.66. The van der Waals surface area contributed by atoms with Gasteiger partial charge in [-0.2, -0.15) is 0 Å². The molecule has 0 fully saturated rings. The van der Waals surface area contributed by atoms with Crippen molar-refractivity contribution in [2.45, 2.75) is 6.92 Å². The van der Waals surface area contributed by atoms with E-state index in [-0.39, 0.29) is 0 Å². The first-order valence-corrected chi connectivity index (χ1v) is 6.35. The minimum atomic E-state index is -0.905. The minimum absolute atomic E-state index is 0.329. The molecular formula is C17H13NO2. The number of fused-ring (bicyclic) bond motifs is 1. The van der Waals surface area contributed by atoms with Gasteiger partial charge in [0, 0.05) is 17.1 Å². The van der Waals surface area contributed by atoms with E-state index >= 15 is 0 Å². The number of pyridine rings is 1. The monoisotopic (exact) mass is 263 g/mol. The van der Waals surface area contributed by atoms with Crippen molar-refractivity contribution in [2.75, 3.05) is 0 Å². The Labute approximate surface area is 116 Å². The predicted octanol–water partition coefficient (Wildman–Crippen LogP) is 3.91. The molecular weight excluding hydrogens is 250 g/mol. The topological polar surface area (TPSA) is 50.2 Å². The standard InChI is InChI=1S/C17H13NO2/c1-11-7-8-13(10-15(11)17(19)20)14-6-2-4-12-5-3-9-18-16(12)14/h2-10H,1H3,(H,19,20). The number of rotatable bonds is 2. The van der Waals surface area contributed by atoms with E-state index in [4.69, 9.17) is 0 Å². The second kappa shape index (κ2) is 4.78. The quantitative estimate of drug-likeness (QED) is 0.762. The smallest absolute Gasteiger partial charge is 0.335 e. The van der Waals surface area contributed by atoms with Crippen molar-refractivity contribution >= 4 is 16.9 Å². The van der Waals surface area contributed by atoms with E-state index in [0.29, 0.717) is 5.56 Å². The van der Waals surface area contributed by atoms with Crippen LogP contribution in [0.3, 0.4) is 0 Å². The zero-order valence-corrected chi connectivity index (χ0v) is 11.0. The molecule has 2 aromatic carbocycles. The van der Waals surface area contributed by atoms with Crippen LogP contribution in [0.25, 0.3) is 22.0 Å². The second-order valence-electron chi connectivity index (χ2n) is 4.72. The number of aromatic carboxylic acids is 1. The van der Waals surface area contributed by atoms with Gasteiger partial charge in [-0.1, -0.05) is 36.4 Å². The molecule has 0 spiro atoms. The third kappa shape index (κ3) is 2.03. The number of carbonyl (C=O) groups is 1. The van der Waals surface area contributed by atoms with Crippen LogP contribution in [0.4, 0.5) is 0 Å². The molecule has 0 unspecified atom stereocenters. The predicted molar refractivity (Wildman–Crippen MR) is 78.9 cm³/mol.